The SMILES string of the molecule is Cc1cc(N2CCN(C(=O)c3ccco3)CC2)nc2ccccc12. The second-order valence-corrected chi connectivity index (χ2v) is 6.07. The van der Waals surface area contributed by atoms with E-state index >= 15 is 0 Å². The Balaban J connectivity index is 1.51. The van der Waals surface area contributed by atoms with Crippen molar-refractivity contribution in [3.8, 4) is 0 Å². The van der Waals surface area contributed by atoms with Gasteiger partial charge in [-0.2, -0.15) is 0 Å². The summed E-state index contributed by atoms with van der Waals surface area (Å²) in [4.78, 5) is 21.2. The molecule has 1 amide bonds. The minimum Gasteiger partial charge on any atom is -0.459 e. The maximum absolute atomic E-state index is 12.3. The Bertz CT molecular complexity index is 865. The first-order chi connectivity index (χ1) is 11.7. The highest BCUT2D eigenvalue weighted by Gasteiger charge is 2.24. The molecule has 0 saturated carbocycles. The zero-order chi connectivity index (χ0) is 16.5. The molecule has 3 aromatic rings. The number of carbonyl (C=O) groups excluding carboxylic acids is 1. The third kappa shape index (κ3) is 2.62. The minimum absolute atomic E-state index is 0.0395. The van der Waals surface area contributed by atoms with Gasteiger partial charge >= 0.3 is 0 Å². The highest BCUT2D eigenvalue weighted by Crippen LogP contribution is 2.23. The fourth-order valence-electron chi connectivity index (χ4n) is 3.19. The summed E-state index contributed by atoms with van der Waals surface area (Å²) in [6, 6.07) is 13.8. The summed E-state index contributed by atoms with van der Waals surface area (Å²) in [6.45, 7) is 5.01. The Labute approximate surface area is 140 Å². The largest absolute Gasteiger partial charge is 0.459 e. The van der Waals surface area contributed by atoms with Crippen LogP contribution >= 0.6 is 0 Å². The molecule has 1 aliphatic rings. The maximum Gasteiger partial charge on any atom is 0.289 e. The van der Waals surface area contributed by atoms with Crippen molar-refractivity contribution in [2.45, 2.75) is 6.92 Å². The van der Waals surface area contributed by atoms with Gasteiger partial charge in [-0.3, -0.25) is 4.79 Å². The van der Waals surface area contributed by atoms with E-state index < -0.39 is 0 Å². The number of carbonyl (C=O) groups is 1. The Hall–Kier alpha value is -2.82. The number of hydrogen-bond acceptors (Lipinski definition) is 4. The van der Waals surface area contributed by atoms with E-state index in [-0.39, 0.29) is 5.91 Å². The lowest BCUT2D eigenvalue weighted by molar-refractivity contribution is 0.0714. The summed E-state index contributed by atoms with van der Waals surface area (Å²) in [5.74, 6) is 1.35. The number of piperazine rings is 1. The summed E-state index contributed by atoms with van der Waals surface area (Å²) < 4.78 is 5.21. The van der Waals surface area contributed by atoms with Crippen LogP contribution in [-0.4, -0.2) is 42.0 Å². The molecule has 0 unspecified atom stereocenters. The molecule has 5 nitrogen and oxygen atoms in total. The van der Waals surface area contributed by atoms with Gasteiger partial charge in [0.15, 0.2) is 5.76 Å². The van der Waals surface area contributed by atoms with Gasteiger partial charge in [0, 0.05) is 31.6 Å². The number of anilines is 1. The molecule has 0 bridgehead atoms. The Kier molecular flexibility index (Phi) is 3.69. The Morgan fingerprint density at radius 2 is 1.88 bits per heavy atom. The fraction of sp³-hybridized carbons (Fsp3) is 0.263. The van der Waals surface area contributed by atoms with Crippen LogP contribution in [0.2, 0.25) is 0 Å². The third-order valence-corrected chi connectivity index (χ3v) is 4.53. The number of amides is 1. The van der Waals surface area contributed by atoms with Crippen molar-refractivity contribution in [2.24, 2.45) is 0 Å². The first kappa shape index (κ1) is 14.8. The zero-order valence-corrected chi connectivity index (χ0v) is 13.6. The first-order valence-corrected chi connectivity index (χ1v) is 8.16. The third-order valence-electron chi connectivity index (χ3n) is 4.53. The van der Waals surface area contributed by atoms with E-state index in [4.69, 9.17) is 9.40 Å². The van der Waals surface area contributed by atoms with E-state index in [9.17, 15) is 4.79 Å². The van der Waals surface area contributed by atoms with Crippen LogP contribution in [-0.2, 0) is 0 Å². The standard InChI is InChI=1S/C19H19N3O2/c1-14-13-18(20-16-6-3-2-5-15(14)16)21-8-10-22(11-9-21)19(23)17-7-4-12-24-17/h2-7,12-13H,8-11H2,1H3. The van der Waals surface area contributed by atoms with Crippen molar-refractivity contribution in [3.63, 3.8) is 0 Å². The molecular weight excluding hydrogens is 302 g/mol. The van der Waals surface area contributed by atoms with E-state index in [2.05, 4.69) is 24.0 Å². The number of nitrogens with zero attached hydrogens (tertiary/aromatic N) is 3. The van der Waals surface area contributed by atoms with Crippen LogP contribution in [0.3, 0.4) is 0 Å². The zero-order valence-electron chi connectivity index (χ0n) is 13.6. The predicted octanol–water partition coefficient (Wildman–Crippen LogP) is 3.10. The minimum atomic E-state index is -0.0395. The summed E-state index contributed by atoms with van der Waals surface area (Å²) in [5.41, 5.74) is 2.24. The summed E-state index contributed by atoms with van der Waals surface area (Å²) >= 11 is 0. The molecule has 0 N–H and O–H groups in total. The number of fused-ring (bicyclic) bond motifs is 1. The molecule has 1 aliphatic heterocycles. The quantitative estimate of drug-likeness (QED) is 0.728. The molecular formula is C19H19N3O2. The number of furan rings is 1. The smallest absolute Gasteiger partial charge is 0.289 e. The van der Waals surface area contributed by atoms with Gasteiger partial charge in [0.05, 0.1) is 11.8 Å². The first-order valence-electron chi connectivity index (χ1n) is 8.16. The highest BCUT2D eigenvalue weighted by atomic mass is 16.3. The average Bonchev–Trinajstić information content (AvgIpc) is 3.16. The lowest BCUT2D eigenvalue weighted by Gasteiger charge is -2.35. The molecule has 4 rings (SSSR count). The molecule has 24 heavy (non-hydrogen) atoms. The van der Waals surface area contributed by atoms with Crippen molar-refractivity contribution in [1.82, 2.24) is 9.88 Å². The van der Waals surface area contributed by atoms with Crippen molar-refractivity contribution in [2.75, 3.05) is 31.1 Å². The maximum atomic E-state index is 12.3. The molecule has 0 radical (unpaired) electrons. The van der Waals surface area contributed by atoms with Gasteiger partial charge < -0.3 is 14.2 Å². The number of pyridine rings is 1. The van der Waals surface area contributed by atoms with Crippen LogP contribution in [0.5, 0.6) is 0 Å². The van der Waals surface area contributed by atoms with E-state index in [1.807, 2.05) is 23.1 Å². The molecule has 3 heterocycles. The van der Waals surface area contributed by atoms with E-state index in [1.165, 1.54) is 17.2 Å². The van der Waals surface area contributed by atoms with Gasteiger partial charge in [0.25, 0.3) is 5.91 Å². The number of rotatable bonds is 2. The van der Waals surface area contributed by atoms with Crippen LogP contribution in [0.25, 0.3) is 10.9 Å². The van der Waals surface area contributed by atoms with Gasteiger partial charge in [-0.25, -0.2) is 4.98 Å². The van der Waals surface area contributed by atoms with Gasteiger partial charge in [-0.15, -0.1) is 0 Å². The van der Waals surface area contributed by atoms with Gasteiger partial charge in [-0.1, -0.05) is 18.2 Å². The highest BCUT2D eigenvalue weighted by molar-refractivity contribution is 5.91. The predicted molar refractivity (Wildman–Crippen MR) is 93.3 cm³/mol. The molecule has 122 valence electrons. The van der Waals surface area contributed by atoms with Crippen LogP contribution in [0.1, 0.15) is 16.1 Å². The van der Waals surface area contributed by atoms with Gasteiger partial charge in [0.1, 0.15) is 5.82 Å². The van der Waals surface area contributed by atoms with Crippen molar-refractivity contribution in [1.29, 1.82) is 0 Å². The fourth-order valence-corrected chi connectivity index (χ4v) is 3.19. The van der Waals surface area contributed by atoms with Gasteiger partial charge in [0.2, 0.25) is 0 Å². The van der Waals surface area contributed by atoms with E-state index in [0.717, 1.165) is 24.4 Å². The average molecular weight is 321 g/mol. The molecule has 5 heteroatoms. The van der Waals surface area contributed by atoms with Crippen LogP contribution in [0, 0.1) is 6.92 Å². The lowest BCUT2D eigenvalue weighted by Crippen LogP contribution is -2.49. The molecule has 1 saturated heterocycles. The summed E-state index contributed by atoms with van der Waals surface area (Å²) in [5, 5.41) is 1.19. The lowest BCUT2D eigenvalue weighted by atomic mass is 10.1. The molecule has 0 spiro atoms. The number of para-hydroxylation sites is 1. The molecule has 0 atom stereocenters. The molecule has 1 fully saturated rings. The Morgan fingerprint density at radius 3 is 2.62 bits per heavy atom. The summed E-state index contributed by atoms with van der Waals surface area (Å²) in [6.07, 6.45) is 1.53. The van der Waals surface area contributed by atoms with Gasteiger partial charge in [-0.05, 0) is 36.8 Å². The van der Waals surface area contributed by atoms with Crippen LogP contribution in [0.15, 0.2) is 53.1 Å². The van der Waals surface area contributed by atoms with Crippen LogP contribution < -0.4 is 4.90 Å². The van der Waals surface area contributed by atoms with Crippen molar-refractivity contribution >= 4 is 22.6 Å². The van der Waals surface area contributed by atoms with E-state index in [1.54, 1.807) is 12.1 Å². The molecule has 2 aromatic heterocycles. The molecule has 1 aromatic carbocycles. The summed E-state index contributed by atoms with van der Waals surface area (Å²) in [7, 11) is 0. The monoisotopic (exact) mass is 321 g/mol. The topological polar surface area (TPSA) is 49.6 Å². The second-order valence-electron chi connectivity index (χ2n) is 6.07. The van der Waals surface area contributed by atoms with Crippen LogP contribution in [0.4, 0.5) is 5.82 Å². The number of aryl methyl sites for hydroxylation is 1. The number of aromatic nitrogens is 1. The number of hydrogen-bond donors (Lipinski definition) is 0. The van der Waals surface area contributed by atoms with Crippen molar-refractivity contribution < 1.29 is 9.21 Å². The Morgan fingerprint density at radius 1 is 1.08 bits per heavy atom. The van der Waals surface area contributed by atoms with Crippen molar-refractivity contribution in [3.05, 3.63) is 60.1 Å². The second kappa shape index (κ2) is 6.00. The normalized spacial score (nSPS) is 15.0. The number of benzene rings is 1. The molecule has 0 aliphatic carbocycles. The van der Waals surface area contributed by atoms with E-state index in [0.29, 0.717) is 18.8 Å².